The summed E-state index contributed by atoms with van der Waals surface area (Å²) in [7, 11) is 0. The molecule has 0 aromatic carbocycles. The van der Waals surface area contributed by atoms with E-state index < -0.39 is 49.4 Å². The van der Waals surface area contributed by atoms with Crippen molar-refractivity contribution in [1.29, 1.82) is 0 Å². The molecule has 0 saturated heterocycles. The summed E-state index contributed by atoms with van der Waals surface area (Å²) in [4.78, 5) is 43.0. The second-order valence-corrected chi connectivity index (χ2v) is 3.48. The minimum atomic E-state index is -1.46. The van der Waals surface area contributed by atoms with Crippen molar-refractivity contribution in [2.45, 2.75) is 18.9 Å². The molecule has 0 spiro atoms. The second-order valence-electron chi connectivity index (χ2n) is 3.48. The number of aliphatic carboxylic acids is 4. The van der Waals surface area contributed by atoms with E-state index in [1.807, 2.05) is 0 Å². The van der Waals surface area contributed by atoms with E-state index in [9.17, 15) is 19.2 Å². The molecular weight excluding hydrogens is 273 g/mol. The summed E-state index contributed by atoms with van der Waals surface area (Å²) >= 11 is 0. The van der Waals surface area contributed by atoms with Crippen molar-refractivity contribution >= 4 is 23.9 Å². The Morgan fingerprint density at radius 1 is 0.895 bits per heavy atom. The fourth-order valence-corrected chi connectivity index (χ4v) is 1.35. The molecule has 104 valence electrons. The van der Waals surface area contributed by atoms with Gasteiger partial charge in [-0.25, -0.2) is 0 Å². The van der Waals surface area contributed by atoms with Gasteiger partial charge in [0.1, 0.15) is 6.04 Å². The first-order valence-electron chi connectivity index (χ1n) is 4.86. The van der Waals surface area contributed by atoms with Gasteiger partial charge in [-0.1, -0.05) is 0 Å². The Bertz CT molecular complexity index is 348. The first-order chi connectivity index (χ1) is 8.23. The zero-order chi connectivity index (χ0) is 14.3. The third-order valence-corrected chi connectivity index (χ3v) is 2.03. The molecule has 1 atom stereocenters. The zero-order valence-corrected chi connectivity index (χ0v) is 12.3. The average Bonchev–Trinajstić information content (AvgIpc) is 2.14. The number of carboxylic acid groups (broad SMARTS) is 4. The van der Waals surface area contributed by atoms with Crippen LogP contribution in [0.3, 0.4) is 0 Å². The Morgan fingerprint density at radius 3 is 1.58 bits per heavy atom. The predicted octanol–water partition coefficient (Wildman–Crippen LogP) is -4.11. The van der Waals surface area contributed by atoms with Gasteiger partial charge in [0.05, 0.1) is 13.1 Å². The Hall–Kier alpha value is -1.16. The van der Waals surface area contributed by atoms with E-state index in [0.29, 0.717) is 4.90 Å². The molecule has 0 heterocycles. The summed E-state index contributed by atoms with van der Waals surface area (Å²) in [5.41, 5.74) is 0. The molecule has 9 nitrogen and oxygen atoms in total. The van der Waals surface area contributed by atoms with Gasteiger partial charge in [-0.15, -0.1) is 0 Å². The van der Waals surface area contributed by atoms with E-state index in [1.165, 1.54) is 0 Å². The number of hydrogen-bond acceptors (Lipinski definition) is 5. The number of nitrogens with zero attached hydrogens (tertiary/aromatic N) is 1. The van der Waals surface area contributed by atoms with Gasteiger partial charge in [-0.3, -0.25) is 24.1 Å². The fraction of sp³-hybridized carbons (Fsp3) is 0.556. The Morgan fingerprint density at radius 2 is 1.32 bits per heavy atom. The SMILES string of the molecule is O=C(O)CC[C@@H](C(=O)O)N(CC(=O)O)CC(=O)O.[H-].[Na+]. The van der Waals surface area contributed by atoms with Crippen molar-refractivity contribution in [3.63, 3.8) is 0 Å². The fourth-order valence-electron chi connectivity index (χ4n) is 1.35. The van der Waals surface area contributed by atoms with E-state index in [4.69, 9.17) is 20.4 Å². The maximum atomic E-state index is 10.9. The van der Waals surface area contributed by atoms with Crippen LogP contribution in [0.1, 0.15) is 14.3 Å². The average molecular weight is 287 g/mol. The summed E-state index contributed by atoms with van der Waals surface area (Å²) in [5, 5.41) is 34.4. The van der Waals surface area contributed by atoms with E-state index in [0.717, 1.165) is 0 Å². The Balaban J connectivity index is -0.00000144. The van der Waals surface area contributed by atoms with Crippen molar-refractivity contribution < 1.29 is 70.6 Å². The van der Waals surface area contributed by atoms with Crippen LogP contribution in [0, 0.1) is 0 Å². The van der Waals surface area contributed by atoms with Crippen molar-refractivity contribution in [2.75, 3.05) is 13.1 Å². The zero-order valence-electron chi connectivity index (χ0n) is 11.3. The van der Waals surface area contributed by atoms with Gasteiger partial charge in [0.2, 0.25) is 0 Å². The third-order valence-electron chi connectivity index (χ3n) is 2.03. The van der Waals surface area contributed by atoms with Crippen LogP contribution in [-0.4, -0.2) is 68.3 Å². The molecule has 0 radical (unpaired) electrons. The van der Waals surface area contributed by atoms with E-state index in [2.05, 4.69) is 0 Å². The van der Waals surface area contributed by atoms with E-state index in [1.54, 1.807) is 0 Å². The summed E-state index contributed by atoms with van der Waals surface area (Å²) in [6.07, 6.45) is -0.863. The van der Waals surface area contributed by atoms with Gasteiger partial charge in [0, 0.05) is 6.42 Å². The van der Waals surface area contributed by atoms with Crippen LogP contribution in [0.15, 0.2) is 0 Å². The van der Waals surface area contributed by atoms with Crippen LogP contribution in [0.25, 0.3) is 0 Å². The quantitative estimate of drug-likeness (QED) is 0.310. The Kier molecular flexibility index (Phi) is 10.3. The van der Waals surface area contributed by atoms with Crippen LogP contribution in [0.4, 0.5) is 0 Å². The number of hydrogen-bond donors (Lipinski definition) is 4. The number of carboxylic acids is 4. The summed E-state index contributed by atoms with van der Waals surface area (Å²) in [6, 6.07) is -1.46. The van der Waals surface area contributed by atoms with Gasteiger partial charge in [-0.05, 0) is 6.42 Å². The molecule has 0 bridgehead atoms. The summed E-state index contributed by atoms with van der Waals surface area (Å²) < 4.78 is 0. The third kappa shape index (κ3) is 9.42. The molecule has 0 aliphatic heterocycles. The molecule has 0 unspecified atom stereocenters. The normalized spacial score (nSPS) is 11.4. The summed E-state index contributed by atoms with van der Waals surface area (Å²) in [5.74, 6) is -5.48. The van der Waals surface area contributed by atoms with Gasteiger partial charge in [-0.2, -0.15) is 0 Å². The molecule has 0 aromatic heterocycles. The molecule has 0 aliphatic carbocycles. The molecule has 4 N–H and O–H groups in total. The maximum Gasteiger partial charge on any atom is 1.00 e. The maximum absolute atomic E-state index is 10.9. The molecule has 10 heteroatoms. The molecule has 0 saturated carbocycles. The van der Waals surface area contributed by atoms with Crippen LogP contribution in [0.5, 0.6) is 0 Å². The molecular formula is C9H14NNaO8. The van der Waals surface area contributed by atoms with Gasteiger partial charge < -0.3 is 21.9 Å². The first kappa shape index (κ1) is 20.2. The molecule has 0 rings (SSSR count). The number of rotatable bonds is 9. The van der Waals surface area contributed by atoms with Crippen LogP contribution < -0.4 is 29.6 Å². The van der Waals surface area contributed by atoms with E-state index >= 15 is 0 Å². The molecule has 0 aliphatic rings. The van der Waals surface area contributed by atoms with Crippen molar-refractivity contribution in [3.8, 4) is 0 Å². The van der Waals surface area contributed by atoms with Crippen LogP contribution in [0.2, 0.25) is 0 Å². The van der Waals surface area contributed by atoms with Gasteiger partial charge in [0.25, 0.3) is 0 Å². The van der Waals surface area contributed by atoms with Crippen molar-refractivity contribution in [2.24, 2.45) is 0 Å². The predicted molar refractivity (Wildman–Crippen MR) is 56.3 cm³/mol. The van der Waals surface area contributed by atoms with Crippen molar-refractivity contribution in [1.82, 2.24) is 4.90 Å². The van der Waals surface area contributed by atoms with Crippen LogP contribution in [-0.2, 0) is 19.2 Å². The molecule has 19 heavy (non-hydrogen) atoms. The standard InChI is InChI=1S/C9H13NO8.Na.H/c11-6(12)2-1-5(9(17)18)10(3-7(13)14)4-8(15)16;;/h5H,1-4H2,(H,11,12)(H,13,14)(H,15,16)(H,17,18);;/q;+1;-1/t5-;;/m0../s1. The smallest absolute Gasteiger partial charge is 1.00 e. The van der Waals surface area contributed by atoms with Gasteiger partial charge >= 0.3 is 53.4 Å². The number of carbonyl (C=O) groups is 4. The minimum Gasteiger partial charge on any atom is -1.00 e. The summed E-state index contributed by atoms with van der Waals surface area (Å²) in [6.45, 7) is -1.58. The monoisotopic (exact) mass is 287 g/mol. The molecule has 0 amide bonds. The first-order valence-corrected chi connectivity index (χ1v) is 4.86. The second kappa shape index (κ2) is 9.73. The van der Waals surface area contributed by atoms with E-state index in [-0.39, 0.29) is 37.4 Å². The molecule has 0 aromatic rings. The Labute approximate surface area is 131 Å². The topological polar surface area (TPSA) is 152 Å². The largest absolute Gasteiger partial charge is 1.00 e. The van der Waals surface area contributed by atoms with Crippen LogP contribution >= 0.6 is 0 Å². The molecule has 0 fully saturated rings. The minimum absolute atomic E-state index is 0. The van der Waals surface area contributed by atoms with Crippen molar-refractivity contribution in [3.05, 3.63) is 0 Å². The van der Waals surface area contributed by atoms with Gasteiger partial charge in [0.15, 0.2) is 0 Å².